The van der Waals surface area contributed by atoms with E-state index in [4.69, 9.17) is 0 Å². The molecule has 0 unspecified atom stereocenters. The Labute approximate surface area is 148 Å². The molecule has 0 aliphatic carbocycles. The molecule has 0 aromatic carbocycles. The summed E-state index contributed by atoms with van der Waals surface area (Å²) in [7, 11) is 0. The monoisotopic (exact) mass is 338 g/mol. The zero-order chi connectivity index (χ0) is 17.9. The normalized spacial score (nSPS) is 11.6. The first-order chi connectivity index (χ1) is 11.7. The third-order valence-corrected chi connectivity index (χ3v) is 4.38. The quantitative estimate of drug-likeness (QED) is 0.162. The van der Waals surface area contributed by atoms with Crippen LogP contribution in [0.4, 0.5) is 0 Å². The summed E-state index contributed by atoms with van der Waals surface area (Å²) in [4.78, 5) is 20.9. The lowest BCUT2D eigenvalue weighted by Crippen LogP contribution is -1.99. The SMILES string of the molecule is CCCCCCCCCC/C(=C/CCCCCCC[C]=O)[N+](=O)[O-]. The number of hydrogen-bond donors (Lipinski definition) is 0. The molecule has 0 rings (SSSR count). The van der Waals surface area contributed by atoms with Gasteiger partial charge in [-0.05, 0) is 31.8 Å². The Morgan fingerprint density at radius 2 is 1.42 bits per heavy atom. The highest BCUT2D eigenvalue weighted by molar-refractivity contribution is 5.50. The Kier molecular flexibility index (Phi) is 17.3. The van der Waals surface area contributed by atoms with Crippen LogP contribution in [-0.2, 0) is 4.79 Å². The highest BCUT2D eigenvalue weighted by atomic mass is 16.6. The first-order valence-electron chi connectivity index (χ1n) is 9.90. The number of carbonyl (C=O) groups excluding carboxylic acids is 1. The van der Waals surface area contributed by atoms with Crippen LogP contribution in [0.1, 0.15) is 110 Å². The second-order valence-electron chi connectivity index (χ2n) is 6.63. The topological polar surface area (TPSA) is 60.2 Å². The number of hydrogen-bond acceptors (Lipinski definition) is 3. The fraction of sp³-hybridized carbons (Fsp3) is 0.850. The second kappa shape index (κ2) is 18.2. The lowest BCUT2D eigenvalue weighted by atomic mass is 10.1. The van der Waals surface area contributed by atoms with E-state index >= 15 is 0 Å². The Bertz CT molecular complexity index is 340. The van der Waals surface area contributed by atoms with Gasteiger partial charge in [-0.2, -0.15) is 0 Å². The van der Waals surface area contributed by atoms with Gasteiger partial charge in [-0.1, -0.05) is 71.1 Å². The molecular formula is C20H36NO3. The van der Waals surface area contributed by atoms with Gasteiger partial charge < -0.3 is 0 Å². The maximum absolute atomic E-state index is 11.1. The Morgan fingerprint density at radius 1 is 0.875 bits per heavy atom. The molecule has 4 heteroatoms. The molecule has 0 atom stereocenters. The molecule has 0 saturated heterocycles. The van der Waals surface area contributed by atoms with Crippen LogP contribution in [-0.4, -0.2) is 11.2 Å². The molecule has 0 aromatic heterocycles. The van der Waals surface area contributed by atoms with E-state index in [0.717, 1.165) is 51.4 Å². The molecule has 1 radical (unpaired) electrons. The fourth-order valence-corrected chi connectivity index (χ4v) is 2.85. The van der Waals surface area contributed by atoms with Crippen LogP contribution in [0.15, 0.2) is 11.8 Å². The van der Waals surface area contributed by atoms with Gasteiger partial charge in [0.1, 0.15) is 0 Å². The van der Waals surface area contributed by atoms with Crippen LogP contribution in [0.5, 0.6) is 0 Å². The van der Waals surface area contributed by atoms with Crippen molar-refractivity contribution in [2.24, 2.45) is 0 Å². The van der Waals surface area contributed by atoms with Crippen molar-refractivity contribution in [3.05, 3.63) is 21.9 Å². The molecule has 139 valence electrons. The van der Waals surface area contributed by atoms with Gasteiger partial charge in [0.05, 0.1) is 4.92 Å². The van der Waals surface area contributed by atoms with E-state index < -0.39 is 0 Å². The summed E-state index contributed by atoms with van der Waals surface area (Å²) < 4.78 is 0. The minimum atomic E-state index is -0.207. The van der Waals surface area contributed by atoms with Crippen LogP contribution in [0.2, 0.25) is 0 Å². The van der Waals surface area contributed by atoms with E-state index in [1.807, 2.05) is 12.4 Å². The molecule has 0 aliphatic rings. The first-order valence-corrected chi connectivity index (χ1v) is 9.90. The van der Waals surface area contributed by atoms with Crippen LogP contribution < -0.4 is 0 Å². The van der Waals surface area contributed by atoms with Crippen molar-refractivity contribution in [1.29, 1.82) is 0 Å². The van der Waals surface area contributed by atoms with Gasteiger partial charge in [0.25, 0.3) is 0 Å². The van der Waals surface area contributed by atoms with Gasteiger partial charge in [-0.3, -0.25) is 14.9 Å². The molecule has 0 bridgehead atoms. The number of unbranched alkanes of at least 4 members (excludes halogenated alkanes) is 13. The Hall–Kier alpha value is -1.19. The predicted molar refractivity (Wildman–Crippen MR) is 100 cm³/mol. The first kappa shape index (κ1) is 22.8. The zero-order valence-corrected chi connectivity index (χ0v) is 15.6. The summed E-state index contributed by atoms with van der Waals surface area (Å²) in [6, 6.07) is 0. The van der Waals surface area contributed by atoms with Gasteiger partial charge in [0.2, 0.25) is 5.70 Å². The van der Waals surface area contributed by atoms with Gasteiger partial charge in [-0.25, -0.2) is 0 Å². The summed E-state index contributed by atoms with van der Waals surface area (Å²) in [5, 5.41) is 11.1. The Morgan fingerprint density at radius 3 is 2.00 bits per heavy atom. The third kappa shape index (κ3) is 15.7. The van der Waals surface area contributed by atoms with E-state index in [0.29, 0.717) is 18.5 Å². The van der Waals surface area contributed by atoms with E-state index in [2.05, 4.69) is 6.92 Å². The lowest BCUT2D eigenvalue weighted by Gasteiger charge is -2.02. The Balaban J connectivity index is 3.65. The van der Waals surface area contributed by atoms with Crippen molar-refractivity contribution in [3.8, 4) is 0 Å². The molecule has 0 heterocycles. The zero-order valence-electron chi connectivity index (χ0n) is 15.6. The second-order valence-corrected chi connectivity index (χ2v) is 6.63. The summed E-state index contributed by atoms with van der Waals surface area (Å²) in [6.45, 7) is 2.22. The molecule has 0 N–H and O–H groups in total. The summed E-state index contributed by atoms with van der Waals surface area (Å²) in [6.07, 6.45) is 20.5. The fourth-order valence-electron chi connectivity index (χ4n) is 2.85. The maximum atomic E-state index is 11.1. The van der Waals surface area contributed by atoms with Gasteiger partial charge in [0.15, 0.2) is 6.29 Å². The minimum Gasteiger partial charge on any atom is -0.291 e. The standard InChI is InChI=1S/C20H36NO3/c1-2-3-4-5-6-8-11-14-17-20(21(23)24)18-15-12-9-7-10-13-16-19-22/h18H,2-17H2,1H3/b20-18-. The molecule has 0 fully saturated rings. The van der Waals surface area contributed by atoms with E-state index in [9.17, 15) is 14.9 Å². The van der Waals surface area contributed by atoms with E-state index in [1.54, 1.807) is 0 Å². The summed E-state index contributed by atoms with van der Waals surface area (Å²) >= 11 is 0. The van der Waals surface area contributed by atoms with E-state index in [1.165, 1.54) is 38.5 Å². The molecule has 0 spiro atoms. The molecule has 24 heavy (non-hydrogen) atoms. The van der Waals surface area contributed by atoms with Crippen molar-refractivity contribution in [1.82, 2.24) is 0 Å². The van der Waals surface area contributed by atoms with Crippen molar-refractivity contribution in [3.63, 3.8) is 0 Å². The summed E-state index contributed by atoms with van der Waals surface area (Å²) in [5.41, 5.74) is 0.400. The highest BCUT2D eigenvalue weighted by Gasteiger charge is 2.09. The smallest absolute Gasteiger partial charge is 0.242 e. The van der Waals surface area contributed by atoms with Crippen LogP contribution >= 0.6 is 0 Å². The van der Waals surface area contributed by atoms with Crippen LogP contribution in [0.25, 0.3) is 0 Å². The number of rotatable bonds is 18. The van der Waals surface area contributed by atoms with Crippen LogP contribution in [0, 0.1) is 10.1 Å². The number of nitrogens with zero attached hydrogens (tertiary/aromatic N) is 1. The highest BCUT2D eigenvalue weighted by Crippen LogP contribution is 2.15. The molecule has 0 saturated carbocycles. The minimum absolute atomic E-state index is 0.207. The summed E-state index contributed by atoms with van der Waals surface area (Å²) in [5.74, 6) is 0. The van der Waals surface area contributed by atoms with Crippen molar-refractivity contribution in [2.45, 2.75) is 110 Å². The predicted octanol–water partition coefficient (Wildman–Crippen LogP) is 6.52. The molecule has 0 aliphatic heterocycles. The van der Waals surface area contributed by atoms with Crippen molar-refractivity contribution in [2.75, 3.05) is 0 Å². The van der Waals surface area contributed by atoms with Crippen molar-refractivity contribution >= 4 is 6.29 Å². The average molecular weight is 339 g/mol. The number of nitro groups is 1. The average Bonchev–Trinajstić information content (AvgIpc) is 2.57. The van der Waals surface area contributed by atoms with Gasteiger partial charge >= 0.3 is 0 Å². The van der Waals surface area contributed by atoms with Gasteiger partial charge in [0, 0.05) is 12.8 Å². The lowest BCUT2D eigenvalue weighted by molar-refractivity contribution is -0.428. The molecule has 4 nitrogen and oxygen atoms in total. The van der Waals surface area contributed by atoms with Crippen molar-refractivity contribution < 1.29 is 9.72 Å². The molecule has 0 aromatic rings. The molecule has 0 amide bonds. The largest absolute Gasteiger partial charge is 0.291 e. The number of allylic oxidation sites excluding steroid dienone is 2. The van der Waals surface area contributed by atoms with E-state index in [-0.39, 0.29) is 4.92 Å². The van der Waals surface area contributed by atoms with Gasteiger partial charge in [-0.15, -0.1) is 0 Å². The van der Waals surface area contributed by atoms with Crippen LogP contribution in [0.3, 0.4) is 0 Å². The third-order valence-electron chi connectivity index (χ3n) is 4.38. The maximum Gasteiger partial charge on any atom is 0.242 e. The molecular weight excluding hydrogens is 302 g/mol.